The number of rotatable bonds is 4. The van der Waals surface area contributed by atoms with Gasteiger partial charge in [0.1, 0.15) is 5.60 Å². The maximum Gasteiger partial charge on any atom is 0.407 e. The molecule has 2 fully saturated rings. The Kier molecular flexibility index (Phi) is 4.39. The second-order valence-electron chi connectivity index (χ2n) is 7.23. The minimum atomic E-state index is -0.414. The van der Waals surface area contributed by atoms with E-state index in [9.17, 15) is 4.79 Å². The van der Waals surface area contributed by atoms with Gasteiger partial charge in [0.25, 0.3) is 0 Å². The molecule has 0 spiro atoms. The molecule has 2 aliphatic carbocycles. The summed E-state index contributed by atoms with van der Waals surface area (Å²) in [7, 11) is 0. The molecule has 2 rings (SSSR count). The summed E-state index contributed by atoms with van der Waals surface area (Å²) in [4.78, 5) is 11.7. The quantitative estimate of drug-likeness (QED) is 0.824. The Morgan fingerprint density at radius 3 is 2.42 bits per heavy atom. The van der Waals surface area contributed by atoms with E-state index in [0.717, 1.165) is 37.6 Å². The van der Waals surface area contributed by atoms with Gasteiger partial charge in [-0.3, -0.25) is 0 Å². The largest absolute Gasteiger partial charge is 0.444 e. The van der Waals surface area contributed by atoms with Crippen molar-refractivity contribution >= 4 is 6.09 Å². The van der Waals surface area contributed by atoms with E-state index in [0.29, 0.717) is 6.04 Å². The van der Waals surface area contributed by atoms with E-state index in [2.05, 4.69) is 17.6 Å². The fraction of sp³-hybridized carbons (Fsp3) is 0.933. The van der Waals surface area contributed by atoms with Gasteiger partial charge < -0.3 is 15.4 Å². The van der Waals surface area contributed by atoms with Gasteiger partial charge in [-0.2, -0.15) is 0 Å². The van der Waals surface area contributed by atoms with E-state index in [1.165, 1.54) is 6.42 Å². The van der Waals surface area contributed by atoms with E-state index < -0.39 is 5.60 Å². The molecule has 4 heteroatoms. The summed E-state index contributed by atoms with van der Waals surface area (Å²) in [6.45, 7) is 9.13. The van der Waals surface area contributed by atoms with Gasteiger partial charge in [0.15, 0.2) is 0 Å². The first kappa shape index (κ1) is 14.6. The van der Waals surface area contributed by atoms with Crippen molar-refractivity contribution in [2.75, 3.05) is 6.54 Å². The van der Waals surface area contributed by atoms with Crippen LogP contribution in [0.15, 0.2) is 0 Å². The van der Waals surface area contributed by atoms with Crippen LogP contribution in [0.1, 0.15) is 53.4 Å². The van der Waals surface area contributed by atoms with Crippen LogP contribution < -0.4 is 10.6 Å². The molecule has 4 atom stereocenters. The zero-order valence-electron chi connectivity index (χ0n) is 12.7. The van der Waals surface area contributed by atoms with Crippen molar-refractivity contribution in [2.24, 2.45) is 11.8 Å². The van der Waals surface area contributed by atoms with Crippen LogP contribution in [0, 0.1) is 11.8 Å². The van der Waals surface area contributed by atoms with Gasteiger partial charge in [-0.15, -0.1) is 0 Å². The molecular weight excluding hydrogens is 240 g/mol. The Bertz CT molecular complexity index is 325. The molecule has 0 aromatic heterocycles. The van der Waals surface area contributed by atoms with Crippen molar-refractivity contribution < 1.29 is 9.53 Å². The normalized spacial score (nSPS) is 34.1. The second-order valence-corrected chi connectivity index (χ2v) is 7.23. The summed E-state index contributed by atoms with van der Waals surface area (Å²) in [6, 6.07) is 0.830. The number of hydrogen-bond acceptors (Lipinski definition) is 3. The summed E-state index contributed by atoms with van der Waals surface area (Å²) in [5, 5.41) is 6.61. The molecule has 0 radical (unpaired) electrons. The highest BCUT2D eigenvalue weighted by Gasteiger charge is 2.34. The third-order valence-corrected chi connectivity index (χ3v) is 4.10. The number of carbonyl (C=O) groups excluding carboxylic acids is 1. The van der Waals surface area contributed by atoms with Crippen molar-refractivity contribution in [1.29, 1.82) is 0 Å². The van der Waals surface area contributed by atoms with Crippen LogP contribution in [-0.4, -0.2) is 30.3 Å². The van der Waals surface area contributed by atoms with Crippen LogP contribution >= 0.6 is 0 Å². The molecule has 0 aromatic carbocycles. The lowest BCUT2D eigenvalue weighted by Crippen LogP contribution is -2.39. The van der Waals surface area contributed by atoms with Gasteiger partial charge >= 0.3 is 6.09 Å². The fourth-order valence-electron chi connectivity index (χ4n) is 2.77. The Labute approximate surface area is 116 Å². The van der Waals surface area contributed by atoms with Crippen LogP contribution in [0.4, 0.5) is 4.79 Å². The number of hydrogen-bond donors (Lipinski definition) is 2. The Morgan fingerprint density at radius 1 is 1.21 bits per heavy atom. The third kappa shape index (κ3) is 5.01. The van der Waals surface area contributed by atoms with Crippen LogP contribution in [0.3, 0.4) is 0 Å². The lowest BCUT2D eigenvalue weighted by atomic mass is 10.2. The van der Waals surface area contributed by atoms with Gasteiger partial charge in [0.2, 0.25) is 0 Å². The predicted molar refractivity (Wildman–Crippen MR) is 76.1 cm³/mol. The molecule has 4 nitrogen and oxygen atoms in total. The molecule has 0 heterocycles. The summed E-state index contributed by atoms with van der Waals surface area (Å²) in [5.41, 5.74) is -0.414. The van der Waals surface area contributed by atoms with E-state index >= 15 is 0 Å². The molecule has 19 heavy (non-hydrogen) atoms. The first-order chi connectivity index (χ1) is 8.83. The Hall–Kier alpha value is -0.770. The smallest absolute Gasteiger partial charge is 0.407 e. The number of amides is 1. The number of alkyl carbamates (subject to hydrolysis) is 1. The highest BCUT2D eigenvalue weighted by Crippen LogP contribution is 2.37. The zero-order chi connectivity index (χ0) is 14.0. The Balaban J connectivity index is 1.63. The van der Waals surface area contributed by atoms with E-state index in [4.69, 9.17) is 4.74 Å². The molecule has 0 aromatic rings. The lowest BCUT2D eigenvalue weighted by Gasteiger charge is -2.21. The van der Waals surface area contributed by atoms with Crippen LogP contribution in [0.5, 0.6) is 0 Å². The minimum Gasteiger partial charge on any atom is -0.444 e. The maximum absolute atomic E-state index is 11.7. The number of carbonyl (C=O) groups is 1. The van der Waals surface area contributed by atoms with Crippen LogP contribution in [0.2, 0.25) is 0 Å². The summed E-state index contributed by atoms with van der Waals surface area (Å²) in [5.74, 6) is 1.79. The van der Waals surface area contributed by atoms with Gasteiger partial charge in [-0.25, -0.2) is 4.79 Å². The van der Waals surface area contributed by atoms with Crippen molar-refractivity contribution in [3.8, 4) is 0 Å². The highest BCUT2D eigenvalue weighted by atomic mass is 16.6. The van der Waals surface area contributed by atoms with Gasteiger partial charge in [-0.1, -0.05) is 6.92 Å². The lowest BCUT2D eigenvalue weighted by molar-refractivity contribution is 0.0505. The fourth-order valence-corrected chi connectivity index (χ4v) is 2.77. The molecule has 0 bridgehead atoms. The summed E-state index contributed by atoms with van der Waals surface area (Å²) in [6.07, 6.45) is 4.33. The molecule has 2 aliphatic rings. The first-order valence-electron chi connectivity index (χ1n) is 7.56. The van der Waals surface area contributed by atoms with Gasteiger partial charge in [0, 0.05) is 12.1 Å². The van der Waals surface area contributed by atoms with Crippen molar-refractivity contribution in [3.05, 3.63) is 0 Å². The van der Waals surface area contributed by atoms with E-state index in [1.54, 1.807) is 0 Å². The summed E-state index contributed by atoms with van der Waals surface area (Å²) >= 11 is 0. The molecule has 1 amide bonds. The SMILES string of the molecule is CC1CC1CNC1CCC(NC(=O)OC(C)(C)C)C1. The molecule has 2 N–H and O–H groups in total. The zero-order valence-corrected chi connectivity index (χ0v) is 12.7. The summed E-state index contributed by atoms with van der Waals surface area (Å²) < 4.78 is 5.29. The Morgan fingerprint density at radius 2 is 1.84 bits per heavy atom. The maximum atomic E-state index is 11.7. The molecule has 110 valence electrons. The molecule has 4 unspecified atom stereocenters. The van der Waals surface area contributed by atoms with Crippen molar-refractivity contribution in [1.82, 2.24) is 10.6 Å². The van der Waals surface area contributed by atoms with Gasteiger partial charge in [-0.05, 0) is 64.8 Å². The highest BCUT2D eigenvalue weighted by molar-refractivity contribution is 5.68. The topological polar surface area (TPSA) is 50.4 Å². The number of nitrogens with one attached hydrogen (secondary N) is 2. The predicted octanol–water partition coefficient (Wildman–Crippen LogP) is 2.68. The molecular formula is C15H28N2O2. The average Bonchev–Trinajstić information content (AvgIpc) is 2.78. The first-order valence-corrected chi connectivity index (χ1v) is 7.56. The minimum absolute atomic E-state index is 0.268. The molecule has 0 aliphatic heterocycles. The second kappa shape index (κ2) is 5.70. The third-order valence-electron chi connectivity index (χ3n) is 4.10. The number of ether oxygens (including phenoxy) is 1. The van der Waals surface area contributed by atoms with E-state index in [-0.39, 0.29) is 12.1 Å². The van der Waals surface area contributed by atoms with E-state index in [1.807, 2.05) is 20.8 Å². The molecule has 0 saturated heterocycles. The van der Waals surface area contributed by atoms with Gasteiger partial charge in [0.05, 0.1) is 0 Å². The molecule has 2 saturated carbocycles. The van der Waals surface area contributed by atoms with Crippen LogP contribution in [0.25, 0.3) is 0 Å². The van der Waals surface area contributed by atoms with Crippen LogP contribution in [-0.2, 0) is 4.74 Å². The average molecular weight is 268 g/mol. The van der Waals surface area contributed by atoms with Crippen molar-refractivity contribution in [3.63, 3.8) is 0 Å². The van der Waals surface area contributed by atoms with Crippen molar-refractivity contribution in [2.45, 2.75) is 71.1 Å². The monoisotopic (exact) mass is 268 g/mol. The standard InChI is InChI=1S/C15H28N2O2/c1-10-7-11(10)9-16-12-5-6-13(8-12)17-14(18)19-15(2,3)4/h10-13,16H,5-9H2,1-4H3,(H,17,18).